The normalized spacial score (nSPS) is 11.1. The number of pyridine rings is 2. The first-order valence-corrected chi connectivity index (χ1v) is 11.8. The van der Waals surface area contributed by atoms with Crippen molar-refractivity contribution in [2.45, 2.75) is 0 Å². The minimum absolute atomic E-state index is 0.804. The molecular weight excluding hydrogens is 444 g/mol. The van der Waals surface area contributed by atoms with E-state index in [0.29, 0.717) is 0 Å². The summed E-state index contributed by atoms with van der Waals surface area (Å²) >= 11 is 0. The van der Waals surface area contributed by atoms with E-state index in [1.165, 1.54) is 0 Å². The van der Waals surface area contributed by atoms with Crippen LogP contribution in [0, 0.1) is 0 Å². The Morgan fingerprint density at radius 3 is 1.36 bits per heavy atom. The lowest BCUT2D eigenvalue weighted by molar-refractivity contribution is 0.411. The van der Waals surface area contributed by atoms with Gasteiger partial charge in [-0.1, -0.05) is 48.5 Å². The average Bonchev–Trinajstić information content (AvgIpc) is 2.96. The van der Waals surface area contributed by atoms with E-state index in [9.17, 15) is 0 Å². The van der Waals surface area contributed by atoms with E-state index >= 15 is 0 Å². The summed E-state index contributed by atoms with van der Waals surface area (Å²) in [6.45, 7) is 0. The molecule has 4 heteroatoms. The average molecular weight is 469 g/mol. The Morgan fingerprint density at radius 1 is 0.500 bits per heavy atom. The molecule has 0 aliphatic carbocycles. The van der Waals surface area contributed by atoms with Crippen LogP contribution in [0.25, 0.3) is 54.9 Å². The van der Waals surface area contributed by atoms with Gasteiger partial charge in [0.25, 0.3) is 0 Å². The fourth-order valence-electron chi connectivity index (χ4n) is 4.90. The van der Waals surface area contributed by atoms with Gasteiger partial charge in [0.15, 0.2) is 0 Å². The summed E-state index contributed by atoms with van der Waals surface area (Å²) in [5.74, 6) is 1.61. The first-order chi connectivity index (χ1) is 17.8. The van der Waals surface area contributed by atoms with E-state index in [1.54, 1.807) is 26.6 Å². The highest BCUT2D eigenvalue weighted by molar-refractivity contribution is 6.11. The number of nitrogens with zero attached hydrogens (tertiary/aromatic N) is 2. The second kappa shape index (κ2) is 9.16. The largest absolute Gasteiger partial charge is 0.496 e. The van der Waals surface area contributed by atoms with Gasteiger partial charge < -0.3 is 9.47 Å². The van der Waals surface area contributed by atoms with Crippen LogP contribution in [0.3, 0.4) is 0 Å². The number of aromatic nitrogens is 2. The molecule has 2 heterocycles. The Hall–Kier alpha value is -4.70. The molecule has 0 atom stereocenters. The Morgan fingerprint density at radius 2 is 0.972 bits per heavy atom. The molecule has 4 nitrogen and oxygen atoms in total. The smallest absolute Gasteiger partial charge is 0.127 e. The van der Waals surface area contributed by atoms with Crippen molar-refractivity contribution in [2.75, 3.05) is 14.2 Å². The Balaban J connectivity index is 1.61. The monoisotopic (exact) mass is 468 g/mol. The molecular formula is C32H24N2O2. The van der Waals surface area contributed by atoms with Gasteiger partial charge in [0, 0.05) is 47.0 Å². The van der Waals surface area contributed by atoms with Gasteiger partial charge in [0.1, 0.15) is 11.5 Å². The predicted molar refractivity (Wildman–Crippen MR) is 146 cm³/mol. The van der Waals surface area contributed by atoms with Crippen molar-refractivity contribution in [2.24, 2.45) is 0 Å². The number of hydrogen-bond acceptors (Lipinski definition) is 4. The first kappa shape index (κ1) is 21.8. The maximum atomic E-state index is 5.89. The minimum Gasteiger partial charge on any atom is -0.496 e. The number of benzene rings is 4. The molecule has 6 aromatic rings. The molecule has 0 N–H and O–H groups in total. The molecule has 0 saturated heterocycles. The second-order valence-corrected chi connectivity index (χ2v) is 8.64. The van der Waals surface area contributed by atoms with Gasteiger partial charge in [-0.25, -0.2) is 0 Å². The molecule has 36 heavy (non-hydrogen) atoms. The Kier molecular flexibility index (Phi) is 5.55. The van der Waals surface area contributed by atoms with E-state index in [1.807, 2.05) is 36.7 Å². The number of ether oxygens (including phenoxy) is 2. The summed E-state index contributed by atoms with van der Waals surface area (Å²) in [5.41, 5.74) is 6.45. The molecule has 0 amide bonds. The summed E-state index contributed by atoms with van der Waals surface area (Å²) < 4.78 is 11.8. The molecule has 0 radical (unpaired) electrons. The molecule has 0 aliphatic heterocycles. The van der Waals surface area contributed by atoms with Crippen LogP contribution in [0.2, 0.25) is 0 Å². The van der Waals surface area contributed by atoms with E-state index in [0.717, 1.165) is 66.4 Å². The van der Waals surface area contributed by atoms with Crippen LogP contribution in [-0.4, -0.2) is 24.2 Å². The summed E-state index contributed by atoms with van der Waals surface area (Å²) in [6.07, 6.45) is 7.36. The van der Waals surface area contributed by atoms with Crippen LogP contribution in [0.5, 0.6) is 11.5 Å². The van der Waals surface area contributed by atoms with Crippen LogP contribution in [0.15, 0.2) is 110 Å². The van der Waals surface area contributed by atoms with Gasteiger partial charge in [-0.3, -0.25) is 9.97 Å². The van der Waals surface area contributed by atoms with Gasteiger partial charge in [-0.05, 0) is 69.1 Å². The van der Waals surface area contributed by atoms with E-state index in [2.05, 4.69) is 70.6 Å². The highest BCUT2D eigenvalue weighted by Gasteiger charge is 2.19. The molecule has 0 saturated carbocycles. The van der Waals surface area contributed by atoms with Crippen LogP contribution in [0.4, 0.5) is 0 Å². The summed E-state index contributed by atoms with van der Waals surface area (Å²) in [5, 5.41) is 4.45. The lowest BCUT2D eigenvalue weighted by atomic mass is 9.90. The number of fused-ring (bicyclic) bond motifs is 2. The molecule has 0 aliphatic rings. The van der Waals surface area contributed by atoms with Crippen LogP contribution < -0.4 is 9.47 Å². The van der Waals surface area contributed by atoms with Crippen molar-refractivity contribution in [3.8, 4) is 44.9 Å². The minimum atomic E-state index is 0.804. The van der Waals surface area contributed by atoms with E-state index < -0.39 is 0 Å². The summed E-state index contributed by atoms with van der Waals surface area (Å²) in [4.78, 5) is 8.56. The highest BCUT2D eigenvalue weighted by Crippen LogP contribution is 2.46. The third kappa shape index (κ3) is 3.73. The topological polar surface area (TPSA) is 44.2 Å². The molecule has 174 valence electrons. The SMILES string of the molecule is COc1ccc2cc(-c3cccnc3)ccc2c1-c1c(OC)ccc2cc(-c3cccnc3)ccc12. The van der Waals surface area contributed by atoms with Crippen molar-refractivity contribution in [3.63, 3.8) is 0 Å². The third-order valence-corrected chi connectivity index (χ3v) is 6.64. The maximum Gasteiger partial charge on any atom is 0.127 e. The quantitative estimate of drug-likeness (QED) is 0.259. The van der Waals surface area contributed by atoms with Crippen molar-refractivity contribution < 1.29 is 9.47 Å². The fourth-order valence-corrected chi connectivity index (χ4v) is 4.90. The number of methoxy groups -OCH3 is 2. The van der Waals surface area contributed by atoms with Crippen molar-refractivity contribution in [1.82, 2.24) is 9.97 Å². The highest BCUT2D eigenvalue weighted by atomic mass is 16.5. The zero-order valence-corrected chi connectivity index (χ0v) is 20.1. The second-order valence-electron chi connectivity index (χ2n) is 8.64. The van der Waals surface area contributed by atoms with Gasteiger partial charge in [-0.15, -0.1) is 0 Å². The Labute approximate surface area is 209 Å². The van der Waals surface area contributed by atoms with Gasteiger partial charge in [-0.2, -0.15) is 0 Å². The van der Waals surface area contributed by atoms with Crippen molar-refractivity contribution in [1.29, 1.82) is 0 Å². The first-order valence-electron chi connectivity index (χ1n) is 11.8. The standard InChI is InChI=1S/C32H24N2O2/c1-35-29-13-9-23-17-21(25-5-3-15-33-19-25)7-11-27(23)31(29)32-28-12-8-22(26-6-4-16-34-20-26)18-24(28)10-14-30(32)36-2/h3-20H,1-2H3. The van der Waals surface area contributed by atoms with Crippen molar-refractivity contribution >= 4 is 21.5 Å². The number of rotatable bonds is 5. The molecule has 4 aromatic carbocycles. The van der Waals surface area contributed by atoms with Gasteiger partial charge in [0.2, 0.25) is 0 Å². The van der Waals surface area contributed by atoms with Gasteiger partial charge >= 0.3 is 0 Å². The summed E-state index contributed by atoms with van der Waals surface area (Å²) in [6, 6.07) is 29.4. The molecule has 0 unspecified atom stereocenters. The molecule has 0 fully saturated rings. The molecule has 2 aromatic heterocycles. The van der Waals surface area contributed by atoms with Crippen LogP contribution in [-0.2, 0) is 0 Å². The molecule has 0 bridgehead atoms. The Bertz CT molecular complexity index is 1570. The fraction of sp³-hybridized carbons (Fsp3) is 0.0625. The van der Waals surface area contributed by atoms with Gasteiger partial charge in [0.05, 0.1) is 14.2 Å². The summed E-state index contributed by atoms with van der Waals surface area (Å²) in [7, 11) is 3.43. The predicted octanol–water partition coefficient (Wildman–Crippen LogP) is 7.80. The van der Waals surface area contributed by atoms with Crippen LogP contribution in [0.1, 0.15) is 0 Å². The lowest BCUT2D eigenvalue weighted by Gasteiger charge is -2.18. The third-order valence-electron chi connectivity index (χ3n) is 6.64. The zero-order valence-electron chi connectivity index (χ0n) is 20.1. The van der Waals surface area contributed by atoms with Crippen molar-refractivity contribution in [3.05, 3.63) is 110 Å². The number of hydrogen-bond donors (Lipinski definition) is 0. The lowest BCUT2D eigenvalue weighted by Crippen LogP contribution is -1.95. The van der Waals surface area contributed by atoms with E-state index in [-0.39, 0.29) is 0 Å². The maximum absolute atomic E-state index is 5.89. The van der Waals surface area contributed by atoms with E-state index in [4.69, 9.17) is 9.47 Å². The van der Waals surface area contributed by atoms with Crippen LogP contribution >= 0.6 is 0 Å². The molecule has 6 rings (SSSR count). The molecule has 0 spiro atoms. The zero-order chi connectivity index (χ0) is 24.5.